The second kappa shape index (κ2) is 5.81. The first-order valence-corrected chi connectivity index (χ1v) is 5.95. The van der Waals surface area contributed by atoms with Crippen molar-refractivity contribution in [1.82, 2.24) is 0 Å². The summed E-state index contributed by atoms with van der Waals surface area (Å²) in [6, 6.07) is 5.92. The summed E-state index contributed by atoms with van der Waals surface area (Å²) < 4.78 is 5.24. The fourth-order valence-corrected chi connectivity index (χ4v) is 1.94. The highest BCUT2D eigenvalue weighted by Crippen LogP contribution is 2.22. The maximum Gasteiger partial charge on any atom is 0.193 e. The van der Waals surface area contributed by atoms with Crippen molar-refractivity contribution in [3.8, 4) is 5.75 Å². The van der Waals surface area contributed by atoms with E-state index in [4.69, 9.17) is 4.74 Å². The fraction of sp³-hybridized carbons (Fsp3) is 0.417. The topological polar surface area (TPSA) is 26.3 Å². The predicted octanol–water partition coefficient (Wildman–Crippen LogP) is 2.83. The summed E-state index contributed by atoms with van der Waals surface area (Å²) in [5, 5.41) is 0.194. The molecule has 0 aromatic heterocycles. The number of benzene rings is 1. The molecule has 0 bridgehead atoms. The van der Waals surface area contributed by atoms with E-state index in [0.717, 1.165) is 22.6 Å². The first-order valence-electron chi connectivity index (χ1n) is 4.96. The van der Waals surface area contributed by atoms with Crippen LogP contribution in [0.4, 0.5) is 0 Å². The van der Waals surface area contributed by atoms with Crippen LogP contribution in [0.1, 0.15) is 18.1 Å². The number of methoxy groups -OCH3 is 1. The van der Waals surface area contributed by atoms with Crippen LogP contribution < -0.4 is 4.74 Å². The highest BCUT2D eigenvalue weighted by atomic mass is 32.2. The molecule has 15 heavy (non-hydrogen) atoms. The number of rotatable bonds is 4. The van der Waals surface area contributed by atoms with Gasteiger partial charge in [0.2, 0.25) is 0 Å². The lowest BCUT2D eigenvalue weighted by atomic mass is 10.1. The Kier molecular flexibility index (Phi) is 4.69. The van der Waals surface area contributed by atoms with Gasteiger partial charge in [0.1, 0.15) is 5.75 Å². The van der Waals surface area contributed by atoms with Crippen LogP contribution in [-0.2, 0) is 11.2 Å². The molecule has 0 spiro atoms. The Balaban J connectivity index is 2.80. The number of thioether (sulfide) groups is 1. The molecule has 0 atom stereocenters. The number of hydrogen-bond acceptors (Lipinski definition) is 3. The Hall–Kier alpha value is -0.960. The van der Waals surface area contributed by atoms with Gasteiger partial charge in [0.15, 0.2) is 5.12 Å². The van der Waals surface area contributed by atoms with Crippen LogP contribution in [0, 0.1) is 6.92 Å². The molecule has 1 aromatic rings. The fourth-order valence-electron chi connectivity index (χ4n) is 1.37. The average Bonchev–Trinajstić information content (AvgIpc) is 2.21. The Morgan fingerprint density at radius 3 is 2.80 bits per heavy atom. The van der Waals surface area contributed by atoms with Gasteiger partial charge in [0, 0.05) is 12.0 Å². The van der Waals surface area contributed by atoms with Crippen molar-refractivity contribution in [3.05, 3.63) is 29.3 Å². The van der Waals surface area contributed by atoms with Gasteiger partial charge in [-0.3, -0.25) is 4.79 Å². The SMILES string of the molecule is CCSC(=O)Cc1ccc(C)cc1OC. The van der Waals surface area contributed by atoms with Gasteiger partial charge < -0.3 is 4.74 Å². The van der Waals surface area contributed by atoms with E-state index in [-0.39, 0.29) is 5.12 Å². The lowest BCUT2D eigenvalue weighted by Gasteiger charge is -2.08. The standard InChI is InChI=1S/C12H16O2S/c1-4-15-12(13)8-10-6-5-9(2)7-11(10)14-3/h5-7H,4,8H2,1-3H3. The van der Waals surface area contributed by atoms with E-state index in [1.54, 1.807) is 7.11 Å². The summed E-state index contributed by atoms with van der Waals surface area (Å²) in [7, 11) is 1.63. The van der Waals surface area contributed by atoms with Gasteiger partial charge in [-0.2, -0.15) is 0 Å². The normalized spacial score (nSPS) is 10.1. The van der Waals surface area contributed by atoms with Gasteiger partial charge in [-0.05, 0) is 24.3 Å². The molecule has 0 aliphatic heterocycles. The number of carbonyl (C=O) groups is 1. The first-order chi connectivity index (χ1) is 7.17. The van der Waals surface area contributed by atoms with Crippen molar-refractivity contribution in [2.75, 3.05) is 12.9 Å². The van der Waals surface area contributed by atoms with Gasteiger partial charge in [-0.1, -0.05) is 30.8 Å². The number of aryl methyl sites for hydroxylation is 1. The molecule has 1 aromatic carbocycles. The van der Waals surface area contributed by atoms with Gasteiger partial charge in [-0.15, -0.1) is 0 Å². The summed E-state index contributed by atoms with van der Waals surface area (Å²) in [6.07, 6.45) is 0.446. The summed E-state index contributed by atoms with van der Waals surface area (Å²) in [5.41, 5.74) is 2.11. The zero-order chi connectivity index (χ0) is 11.3. The Morgan fingerprint density at radius 1 is 1.47 bits per heavy atom. The highest BCUT2D eigenvalue weighted by molar-refractivity contribution is 8.13. The molecule has 0 radical (unpaired) electrons. The zero-order valence-corrected chi connectivity index (χ0v) is 10.2. The monoisotopic (exact) mass is 224 g/mol. The number of hydrogen-bond donors (Lipinski definition) is 0. The molecule has 0 saturated carbocycles. The second-order valence-corrected chi connectivity index (χ2v) is 4.62. The van der Waals surface area contributed by atoms with E-state index in [1.807, 2.05) is 32.0 Å². The third-order valence-electron chi connectivity index (χ3n) is 2.08. The van der Waals surface area contributed by atoms with E-state index in [9.17, 15) is 4.79 Å². The Bertz CT molecular complexity index is 347. The van der Waals surface area contributed by atoms with Crippen LogP contribution in [0.3, 0.4) is 0 Å². The van der Waals surface area contributed by atoms with Crippen molar-refractivity contribution < 1.29 is 9.53 Å². The van der Waals surface area contributed by atoms with Crippen molar-refractivity contribution in [2.24, 2.45) is 0 Å². The van der Waals surface area contributed by atoms with Gasteiger partial charge in [0.05, 0.1) is 7.11 Å². The van der Waals surface area contributed by atoms with Crippen molar-refractivity contribution in [2.45, 2.75) is 20.3 Å². The molecule has 0 fully saturated rings. The minimum atomic E-state index is 0.194. The number of ether oxygens (including phenoxy) is 1. The largest absolute Gasteiger partial charge is 0.496 e. The molecule has 0 N–H and O–H groups in total. The summed E-state index contributed by atoms with van der Waals surface area (Å²) in [5.74, 6) is 1.63. The Labute approximate surface area is 95.0 Å². The van der Waals surface area contributed by atoms with E-state index in [0.29, 0.717) is 6.42 Å². The summed E-state index contributed by atoms with van der Waals surface area (Å²) in [6.45, 7) is 3.99. The third-order valence-corrected chi connectivity index (χ3v) is 2.84. The molecule has 2 nitrogen and oxygen atoms in total. The molecular weight excluding hydrogens is 208 g/mol. The van der Waals surface area contributed by atoms with E-state index in [2.05, 4.69) is 0 Å². The van der Waals surface area contributed by atoms with E-state index in [1.165, 1.54) is 11.8 Å². The van der Waals surface area contributed by atoms with E-state index >= 15 is 0 Å². The van der Waals surface area contributed by atoms with Gasteiger partial charge >= 0.3 is 0 Å². The minimum absolute atomic E-state index is 0.194. The third kappa shape index (κ3) is 3.59. The average molecular weight is 224 g/mol. The highest BCUT2D eigenvalue weighted by Gasteiger charge is 2.08. The molecule has 0 amide bonds. The molecule has 0 heterocycles. The van der Waals surface area contributed by atoms with Crippen LogP contribution >= 0.6 is 11.8 Å². The van der Waals surface area contributed by atoms with Crippen molar-refractivity contribution >= 4 is 16.9 Å². The van der Waals surface area contributed by atoms with Gasteiger partial charge in [0.25, 0.3) is 0 Å². The van der Waals surface area contributed by atoms with Crippen LogP contribution in [0.25, 0.3) is 0 Å². The smallest absolute Gasteiger partial charge is 0.193 e. The van der Waals surface area contributed by atoms with Gasteiger partial charge in [-0.25, -0.2) is 0 Å². The van der Waals surface area contributed by atoms with Crippen molar-refractivity contribution in [3.63, 3.8) is 0 Å². The number of carbonyl (C=O) groups excluding carboxylic acids is 1. The maximum absolute atomic E-state index is 11.5. The quantitative estimate of drug-likeness (QED) is 0.786. The van der Waals surface area contributed by atoms with E-state index < -0.39 is 0 Å². The molecule has 3 heteroatoms. The predicted molar refractivity (Wildman–Crippen MR) is 64.6 cm³/mol. The van der Waals surface area contributed by atoms with Crippen molar-refractivity contribution in [1.29, 1.82) is 0 Å². The molecule has 0 unspecified atom stereocenters. The first kappa shape index (κ1) is 12.1. The second-order valence-electron chi connectivity index (χ2n) is 3.30. The zero-order valence-electron chi connectivity index (χ0n) is 9.37. The summed E-state index contributed by atoms with van der Waals surface area (Å²) >= 11 is 1.36. The van der Waals surface area contributed by atoms with Crippen LogP contribution in [0.5, 0.6) is 5.75 Å². The molecular formula is C12H16O2S. The lowest BCUT2D eigenvalue weighted by Crippen LogP contribution is -2.00. The van der Waals surface area contributed by atoms with Crippen LogP contribution in [0.15, 0.2) is 18.2 Å². The lowest BCUT2D eigenvalue weighted by molar-refractivity contribution is -0.110. The molecule has 0 aliphatic rings. The molecule has 82 valence electrons. The molecule has 1 rings (SSSR count). The Morgan fingerprint density at radius 2 is 2.20 bits per heavy atom. The molecule has 0 aliphatic carbocycles. The summed E-state index contributed by atoms with van der Waals surface area (Å²) in [4.78, 5) is 11.5. The minimum Gasteiger partial charge on any atom is -0.496 e. The van der Waals surface area contributed by atoms with Crippen LogP contribution in [-0.4, -0.2) is 18.0 Å². The van der Waals surface area contributed by atoms with Crippen LogP contribution in [0.2, 0.25) is 0 Å². The maximum atomic E-state index is 11.5. The molecule has 0 saturated heterocycles.